The van der Waals surface area contributed by atoms with Crippen LogP contribution in [-0.2, 0) is 0 Å². The van der Waals surface area contributed by atoms with Crippen molar-refractivity contribution in [2.24, 2.45) is 40.4 Å². The van der Waals surface area contributed by atoms with E-state index in [0.717, 1.165) is 50.9 Å². The fourth-order valence-electron chi connectivity index (χ4n) is 8.23. The van der Waals surface area contributed by atoms with Gasteiger partial charge in [0.2, 0.25) is 0 Å². The van der Waals surface area contributed by atoms with Crippen molar-refractivity contribution in [3.8, 4) is 0 Å². The summed E-state index contributed by atoms with van der Waals surface area (Å²) in [5.41, 5.74) is 2.11. The van der Waals surface area contributed by atoms with Gasteiger partial charge in [-0.3, -0.25) is 0 Å². The second-order valence-electron chi connectivity index (χ2n) is 11.7. The number of aliphatic hydroxyl groups is 3. The van der Waals surface area contributed by atoms with E-state index in [1.54, 1.807) is 0 Å². The predicted molar refractivity (Wildman–Crippen MR) is 117 cm³/mol. The van der Waals surface area contributed by atoms with E-state index in [2.05, 4.69) is 26.8 Å². The standard InChI is InChI=1S/C26H44O3/c1-17(16-27)6-4-5-7-22-24(29)15-23-20-9-8-18-14-19(28)10-12-25(18,2)21(20)11-13-26(22,23)3/h8,17,19-24,27-29H,4-7,9-16H2,1-3H3/t17-,19+,20-,21+,22+,23+,24+,25+,26-/m1/s1. The number of unbranched alkanes of at least 4 members (excludes halogenated alkanes) is 1. The molecule has 0 amide bonds. The number of allylic oxidation sites excluding steroid dienone is 1. The first-order chi connectivity index (χ1) is 13.8. The molecule has 4 aliphatic carbocycles. The summed E-state index contributed by atoms with van der Waals surface area (Å²) < 4.78 is 0. The van der Waals surface area contributed by atoms with Crippen LogP contribution < -0.4 is 0 Å². The molecule has 3 saturated carbocycles. The average Bonchev–Trinajstić information content (AvgIpc) is 2.95. The van der Waals surface area contributed by atoms with Gasteiger partial charge < -0.3 is 15.3 Å². The zero-order valence-electron chi connectivity index (χ0n) is 18.9. The van der Waals surface area contributed by atoms with Gasteiger partial charge in [0.1, 0.15) is 0 Å². The minimum absolute atomic E-state index is 0.133. The summed E-state index contributed by atoms with van der Waals surface area (Å²) in [6.45, 7) is 7.39. The van der Waals surface area contributed by atoms with Crippen molar-refractivity contribution in [2.75, 3.05) is 6.61 Å². The first kappa shape index (κ1) is 21.8. The highest BCUT2D eigenvalue weighted by Gasteiger charge is 2.60. The summed E-state index contributed by atoms with van der Waals surface area (Å²) >= 11 is 0. The summed E-state index contributed by atoms with van der Waals surface area (Å²) in [4.78, 5) is 0. The van der Waals surface area contributed by atoms with E-state index < -0.39 is 0 Å². The van der Waals surface area contributed by atoms with Gasteiger partial charge in [-0.2, -0.15) is 0 Å². The van der Waals surface area contributed by atoms with Gasteiger partial charge in [0.05, 0.1) is 12.2 Å². The van der Waals surface area contributed by atoms with Crippen molar-refractivity contribution in [1.82, 2.24) is 0 Å². The zero-order chi connectivity index (χ0) is 20.8. The molecule has 4 rings (SSSR count). The maximum atomic E-state index is 11.1. The molecule has 0 saturated heterocycles. The summed E-state index contributed by atoms with van der Waals surface area (Å²) in [6.07, 6.45) is 14.5. The second-order valence-corrected chi connectivity index (χ2v) is 11.7. The monoisotopic (exact) mass is 404 g/mol. The fraction of sp³-hybridized carbons (Fsp3) is 0.923. The Labute approximate surface area is 178 Å². The largest absolute Gasteiger partial charge is 0.396 e. The minimum Gasteiger partial charge on any atom is -0.396 e. The van der Waals surface area contributed by atoms with Crippen molar-refractivity contribution < 1.29 is 15.3 Å². The van der Waals surface area contributed by atoms with Gasteiger partial charge in [0.25, 0.3) is 0 Å². The van der Waals surface area contributed by atoms with E-state index in [1.807, 2.05) is 0 Å². The Morgan fingerprint density at radius 1 is 1.10 bits per heavy atom. The van der Waals surface area contributed by atoms with Crippen molar-refractivity contribution in [2.45, 2.75) is 104 Å². The third-order valence-electron chi connectivity index (χ3n) is 10.1. The molecule has 3 nitrogen and oxygen atoms in total. The van der Waals surface area contributed by atoms with Crippen LogP contribution in [0.25, 0.3) is 0 Å². The Kier molecular flexibility index (Phi) is 6.23. The third-order valence-corrected chi connectivity index (χ3v) is 10.1. The van der Waals surface area contributed by atoms with Crippen LogP contribution in [0.2, 0.25) is 0 Å². The van der Waals surface area contributed by atoms with Crippen LogP contribution in [0.3, 0.4) is 0 Å². The molecular weight excluding hydrogens is 360 g/mol. The highest BCUT2D eigenvalue weighted by atomic mass is 16.3. The lowest BCUT2D eigenvalue weighted by Gasteiger charge is -2.58. The summed E-state index contributed by atoms with van der Waals surface area (Å²) in [6, 6.07) is 0. The van der Waals surface area contributed by atoms with Crippen molar-refractivity contribution in [3.63, 3.8) is 0 Å². The zero-order valence-corrected chi connectivity index (χ0v) is 18.9. The Morgan fingerprint density at radius 3 is 2.66 bits per heavy atom. The molecular formula is C26H44O3. The van der Waals surface area contributed by atoms with Crippen molar-refractivity contribution in [3.05, 3.63) is 11.6 Å². The van der Waals surface area contributed by atoms with E-state index in [0.29, 0.717) is 35.7 Å². The lowest BCUT2D eigenvalue weighted by Crippen LogP contribution is -2.50. The molecule has 3 heteroatoms. The quantitative estimate of drug-likeness (QED) is 0.427. The number of aliphatic hydroxyl groups excluding tert-OH is 3. The number of fused-ring (bicyclic) bond motifs is 5. The van der Waals surface area contributed by atoms with E-state index >= 15 is 0 Å². The molecule has 4 aliphatic rings. The first-order valence-corrected chi connectivity index (χ1v) is 12.5. The predicted octanol–water partition coefficient (Wildman–Crippen LogP) is 5.09. The molecule has 9 atom stereocenters. The maximum absolute atomic E-state index is 11.1. The third kappa shape index (κ3) is 3.74. The average molecular weight is 405 g/mol. The van der Waals surface area contributed by atoms with Crippen LogP contribution in [0, 0.1) is 40.4 Å². The summed E-state index contributed by atoms with van der Waals surface area (Å²) in [5, 5.41) is 30.5. The number of hydrogen-bond acceptors (Lipinski definition) is 3. The van der Waals surface area contributed by atoms with Gasteiger partial charge in [-0.1, -0.05) is 45.3 Å². The van der Waals surface area contributed by atoms with Crippen molar-refractivity contribution >= 4 is 0 Å². The Hall–Kier alpha value is -0.380. The van der Waals surface area contributed by atoms with Crippen LogP contribution in [0.5, 0.6) is 0 Å². The molecule has 0 heterocycles. The van der Waals surface area contributed by atoms with E-state index in [-0.39, 0.29) is 17.6 Å². The molecule has 0 radical (unpaired) electrons. The van der Waals surface area contributed by atoms with Gasteiger partial charge >= 0.3 is 0 Å². The lowest BCUT2D eigenvalue weighted by molar-refractivity contribution is -0.0533. The van der Waals surface area contributed by atoms with Crippen molar-refractivity contribution in [1.29, 1.82) is 0 Å². The molecule has 3 N–H and O–H groups in total. The Balaban J connectivity index is 1.46. The molecule has 0 bridgehead atoms. The van der Waals surface area contributed by atoms with Crippen LogP contribution in [0.15, 0.2) is 11.6 Å². The molecule has 29 heavy (non-hydrogen) atoms. The topological polar surface area (TPSA) is 60.7 Å². The van der Waals surface area contributed by atoms with Gasteiger partial charge in [-0.05, 0) is 98.2 Å². The minimum atomic E-state index is -0.134. The maximum Gasteiger partial charge on any atom is 0.0577 e. The van der Waals surface area contributed by atoms with Crippen LogP contribution >= 0.6 is 0 Å². The van der Waals surface area contributed by atoms with Crippen LogP contribution in [-0.4, -0.2) is 34.1 Å². The molecule has 166 valence electrons. The molecule has 0 aromatic rings. The molecule has 3 fully saturated rings. The highest BCUT2D eigenvalue weighted by Crippen LogP contribution is 2.66. The number of hydrogen-bond donors (Lipinski definition) is 3. The molecule has 0 aromatic heterocycles. The lowest BCUT2D eigenvalue weighted by atomic mass is 9.47. The van der Waals surface area contributed by atoms with Crippen LogP contribution in [0.1, 0.15) is 91.4 Å². The summed E-state index contributed by atoms with van der Waals surface area (Å²) in [5.74, 6) is 2.96. The molecule has 0 aromatic carbocycles. The Morgan fingerprint density at radius 2 is 1.90 bits per heavy atom. The van der Waals surface area contributed by atoms with E-state index in [4.69, 9.17) is 0 Å². The SMILES string of the molecule is C[C@@H](CO)CCCC[C@H]1[C@@H](O)C[C@H]2[C@@H]3CC=C4C[C@@H](O)CC[C@]4(C)[C@H]3CC[C@@]21C. The smallest absolute Gasteiger partial charge is 0.0577 e. The molecule has 0 unspecified atom stereocenters. The summed E-state index contributed by atoms with van der Waals surface area (Å²) in [7, 11) is 0. The first-order valence-electron chi connectivity index (χ1n) is 12.5. The normalized spacial score (nSPS) is 47.7. The fourth-order valence-corrected chi connectivity index (χ4v) is 8.23. The van der Waals surface area contributed by atoms with E-state index in [9.17, 15) is 15.3 Å². The van der Waals surface area contributed by atoms with Gasteiger partial charge in [-0.25, -0.2) is 0 Å². The van der Waals surface area contributed by atoms with Gasteiger partial charge in [0.15, 0.2) is 0 Å². The Bertz CT molecular complexity index is 615. The van der Waals surface area contributed by atoms with Gasteiger partial charge in [-0.15, -0.1) is 0 Å². The number of rotatable bonds is 6. The highest BCUT2D eigenvalue weighted by molar-refractivity contribution is 5.25. The molecule has 0 aliphatic heterocycles. The molecule has 0 spiro atoms. The second kappa shape index (κ2) is 8.28. The van der Waals surface area contributed by atoms with Crippen LogP contribution in [0.4, 0.5) is 0 Å². The van der Waals surface area contributed by atoms with E-state index in [1.165, 1.54) is 31.3 Å². The van der Waals surface area contributed by atoms with Gasteiger partial charge in [0, 0.05) is 6.61 Å².